The molecule has 6 nitrogen and oxygen atoms in total. The van der Waals surface area contributed by atoms with Crippen LogP contribution in [0.4, 0.5) is 15.8 Å². The number of nitrogens with zero attached hydrogens (tertiary/aromatic N) is 3. The molecular formula is C15H19FN4O2S. The molecule has 0 unspecified atom stereocenters. The first-order valence-corrected chi connectivity index (χ1v) is 8.29. The number of nitrogens with one attached hydrogen (secondary N) is 1. The van der Waals surface area contributed by atoms with Crippen molar-refractivity contribution in [3.8, 4) is 0 Å². The largest absolute Gasteiger partial charge is 0.354 e. The Bertz CT molecular complexity index is 766. The standard InChI is InChI=1S/C15H19FN4O2S/c1-19(2)23(21,22)20(3)11-12-7-13(16)9-15(8-12)18-14-5-4-6-17-10-14/h4-10,18H,11H2,1-3H3. The van der Waals surface area contributed by atoms with Gasteiger partial charge in [0.1, 0.15) is 5.82 Å². The Hall–Kier alpha value is -2.03. The predicted molar refractivity (Wildman–Crippen MR) is 88.0 cm³/mol. The minimum Gasteiger partial charge on any atom is -0.354 e. The van der Waals surface area contributed by atoms with E-state index in [4.69, 9.17) is 0 Å². The van der Waals surface area contributed by atoms with E-state index < -0.39 is 16.0 Å². The summed E-state index contributed by atoms with van der Waals surface area (Å²) in [5, 5.41) is 3.04. The molecule has 0 aliphatic heterocycles. The first-order chi connectivity index (χ1) is 10.8. The topological polar surface area (TPSA) is 65.5 Å². The van der Waals surface area contributed by atoms with E-state index in [9.17, 15) is 12.8 Å². The van der Waals surface area contributed by atoms with Gasteiger partial charge in [0.2, 0.25) is 0 Å². The predicted octanol–water partition coefficient (Wildman–Crippen LogP) is 2.20. The fourth-order valence-corrected chi connectivity index (χ4v) is 2.90. The van der Waals surface area contributed by atoms with Crippen molar-refractivity contribution in [3.05, 3.63) is 54.1 Å². The zero-order valence-corrected chi connectivity index (χ0v) is 14.0. The summed E-state index contributed by atoms with van der Waals surface area (Å²) in [5.74, 6) is -0.440. The number of hydrogen-bond acceptors (Lipinski definition) is 4. The van der Waals surface area contributed by atoms with Crippen LogP contribution >= 0.6 is 0 Å². The summed E-state index contributed by atoms with van der Waals surface area (Å²) in [5.41, 5.74) is 1.80. The number of halogens is 1. The highest BCUT2D eigenvalue weighted by molar-refractivity contribution is 7.86. The minimum absolute atomic E-state index is 0.0694. The van der Waals surface area contributed by atoms with Gasteiger partial charge in [-0.2, -0.15) is 17.0 Å². The van der Waals surface area contributed by atoms with E-state index in [0.717, 1.165) is 14.3 Å². The Kier molecular flexibility index (Phi) is 5.30. The van der Waals surface area contributed by atoms with E-state index in [1.165, 1.54) is 33.3 Å². The number of hydrogen-bond donors (Lipinski definition) is 1. The van der Waals surface area contributed by atoms with Crippen LogP contribution < -0.4 is 5.32 Å². The molecule has 0 aliphatic carbocycles. The number of rotatable bonds is 6. The molecule has 0 amide bonds. The Labute approximate surface area is 135 Å². The molecule has 8 heteroatoms. The molecule has 124 valence electrons. The van der Waals surface area contributed by atoms with Crippen LogP contribution in [0, 0.1) is 5.82 Å². The van der Waals surface area contributed by atoms with Gasteiger partial charge in [0.15, 0.2) is 0 Å². The van der Waals surface area contributed by atoms with Crippen LogP contribution in [0.25, 0.3) is 0 Å². The molecule has 0 fully saturated rings. The molecule has 0 aliphatic rings. The lowest BCUT2D eigenvalue weighted by molar-refractivity contribution is 0.413. The van der Waals surface area contributed by atoms with Crippen molar-refractivity contribution in [2.75, 3.05) is 26.5 Å². The van der Waals surface area contributed by atoms with Crippen LogP contribution in [-0.4, -0.2) is 43.2 Å². The van der Waals surface area contributed by atoms with Gasteiger partial charge in [0.25, 0.3) is 10.2 Å². The van der Waals surface area contributed by atoms with Crippen LogP contribution in [0.1, 0.15) is 5.56 Å². The lowest BCUT2D eigenvalue weighted by Gasteiger charge is -2.21. The summed E-state index contributed by atoms with van der Waals surface area (Å²) in [4.78, 5) is 3.98. The van der Waals surface area contributed by atoms with Crippen molar-refractivity contribution < 1.29 is 12.8 Å². The molecule has 1 aromatic carbocycles. The molecule has 1 heterocycles. The molecule has 0 saturated heterocycles. The summed E-state index contributed by atoms with van der Waals surface area (Å²) in [6.45, 7) is 0.0694. The second kappa shape index (κ2) is 7.03. The maximum atomic E-state index is 13.8. The number of anilines is 2. The van der Waals surface area contributed by atoms with Crippen LogP contribution in [0.2, 0.25) is 0 Å². The van der Waals surface area contributed by atoms with Gasteiger partial charge in [-0.05, 0) is 35.9 Å². The minimum atomic E-state index is -3.55. The Morgan fingerprint density at radius 2 is 1.91 bits per heavy atom. The molecule has 0 bridgehead atoms. The second-order valence-corrected chi connectivity index (χ2v) is 7.51. The van der Waals surface area contributed by atoms with Gasteiger partial charge in [-0.25, -0.2) is 4.39 Å². The highest BCUT2D eigenvalue weighted by Crippen LogP contribution is 2.20. The van der Waals surface area contributed by atoms with E-state index in [0.29, 0.717) is 11.3 Å². The lowest BCUT2D eigenvalue weighted by Crippen LogP contribution is -2.36. The maximum absolute atomic E-state index is 13.8. The van der Waals surface area contributed by atoms with Crippen molar-refractivity contribution in [1.29, 1.82) is 0 Å². The highest BCUT2D eigenvalue weighted by atomic mass is 32.2. The fraction of sp³-hybridized carbons (Fsp3) is 0.267. The van der Waals surface area contributed by atoms with E-state index >= 15 is 0 Å². The first kappa shape index (κ1) is 17.3. The summed E-state index contributed by atoms with van der Waals surface area (Å²) in [6, 6.07) is 7.94. The van der Waals surface area contributed by atoms with E-state index in [1.807, 2.05) is 0 Å². The monoisotopic (exact) mass is 338 g/mol. The Morgan fingerprint density at radius 1 is 1.17 bits per heavy atom. The normalized spacial score (nSPS) is 11.9. The van der Waals surface area contributed by atoms with Gasteiger partial charge in [-0.15, -0.1) is 0 Å². The Morgan fingerprint density at radius 3 is 2.52 bits per heavy atom. The molecule has 1 N–H and O–H groups in total. The van der Waals surface area contributed by atoms with Crippen LogP contribution in [0.15, 0.2) is 42.7 Å². The molecule has 0 saturated carbocycles. The molecule has 0 atom stereocenters. The third-order valence-corrected chi connectivity index (χ3v) is 5.01. The molecule has 1 aromatic heterocycles. The van der Waals surface area contributed by atoms with Crippen molar-refractivity contribution in [2.24, 2.45) is 0 Å². The average molecular weight is 338 g/mol. The van der Waals surface area contributed by atoms with Gasteiger partial charge in [0, 0.05) is 39.6 Å². The van der Waals surface area contributed by atoms with Gasteiger partial charge in [-0.1, -0.05) is 0 Å². The Balaban J connectivity index is 2.21. The quantitative estimate of drug-likeness (QED) is 0.877. The van der Waals surface area contributed by atoms with Gasteiger partial charge in [-0.3, -0.25) is 4.98 Å². The molecule has 23 heavy (non-hydrogen) atoms. The van der Waals surface area contributed by atoms with Gasteiger partial charge < -0.3 is 5.32 Å². The van der Waals surface area contributed by atoms with Crippen molar-refractivity contribution >= 4 is 21.6 Å². The first-order valence-electron chi connectivity index (χ1n) is 6.89. The summed E-state index contributed by atoms with van der Waals surface area (Å²) >= 11 is 0. The molecule has 2 aromatic rings. The van der Waals surface area contributed by atoms with E-state index in [1.54, 1.807) is 30.6 Å². The smallest absolute Gasteiger partial charge is 0.281 e. The highest BCUT2D eigenvalue weighted by Gasteiger charge is 2.20. The summed E-state index contributed by atoms with van der Waals surface area (Å²) in [6.07, 6.45) is 3.26. The SMILES string of the molecule is CN(C)S(=O)(=O)N(C)Cc1cc(F)cc(Nc2cccnc2)c1. The fourth-order valence-electron chi connectivity index (χ4n) is 2.03. The summed E-state index contributed by atoms with van der Waals surface area (Å²) < 4.78 is 40.1. The van der Waals surface area contributed by atoms with Crippen LogP contribution in [0.5, 0.6) is 0 Å². The molecular weight excluding hydrogens is 319 g/mol. The number of aromatic nitrogens is 1. The third kappa shape index (κ3) is 4.47. The maximum Gasteiger partial charge on any atom is 0.281 e. The number of pyridine rings is 1. The zero-order chi connectivity index (χ0) is 17.0. The van der Waals surface area contributed by atoms with Crippen LogP contribution in [0.3, 0.4) is 0 Å². The average Bonchev–Trinajstić information content (AvgIpc) is 2.47. The van der Waals surface area contributed by atoms with E-state index in [2.05, 4.69) is 10.3 Å². The molecule has 0 radical (unpaired) electrons. The van der Waals surface area contributed by atoms with Crippen molar-refractivity contribution in [2.45, 2.75) is 6.54 Å². The summed E-state index contributed by atoms with van der Waals surface area (Å²) in [7, 11) is 0.809. The molecule has 0 spiro atoms. The van der Waals surface area contributed by atoms with Crippen molar-refractivity contribution in [3.63, 3.8) is 0 Å². The van der Waals surface area contributed by atoms with Crippen LogP contribution in [-0.2, 0) is 16.8 Å². The second-order valence-electron chi connectivity index (χ2n) is 5.26. The third-order valence-electron chi connectivity index (χ3n) is 3.17. The lowest BCUT2D eigenvalue weighted by atomic mass is 10.2. The molecule has 2 rings (SSSR count). The number of benzene rings is 1. The van der Waals surface area contributed by atoms with Gasteiger partial charge in [0.05, 0.1) is 11.9 Å². The van der Waals surface area contributed by atoms with Gasteiger partial charge >= 0.3 is 0 Å². The van der Waals surface area contributed by atoms with Crippen molar-refractivity contribution in [1.82, 2.24) is 13.6 Å². The zero-order valence-electron chi connectivity index (χ0n) is 13.2. The van der Waals surface area contributed by atoms with E-state index in [-0.39, 0.29) is 6.54 Å².